The molecule has 1 fully saturated rings. The third-order valence-corrected chi connectivity index (χ3v) is 6.79. The van der Waals surface area contributed by atoms with E-state index >= 15 is 0 Å². The van der Waals surface area contributed by atoms with Gasteiger partial charge in [0.15, 0.2) is 9.84 Å². The fraction of sp³-hybridized carbons (Fsp3) is 0.588. The molecule has 1 heterocycles. The second-order valence-corrected chi connectivity index (χ2v) is 9.15. The van der Waals surface area contributed by atoms with Crippen molar-refractivity contribution >= 4 is 15.7 Å². The zero-order valence-corrected chi connectivity index (χ0v) is 14.3. The van der Waals surface area contributed by atoms with Crippen LogP contribution >= 0.6 is 0 Å². The van der Waals surface area contributed by atoms with E-state index in [1.54, 1.807) is 0 Å². The van der Waals surface area contributed by atoms with Crippen LogP contribution in [0.1, 0.15) is 43.4 Å². The number of amides is 1. The Morgan fingerprint density at radius 2 is 2.13 bits per heavy atom. The molecule has 6 heteroatoms. The SMILES string of the molecule is CC1(NCC(=O)NC2CCCc3ccccc32)CCS(=O)(=O)C1. The van der Waals surface area contributed by atoms with Crippen molar-refractivity contribution in [1.82, 2.24) is 10.6 Å². The lowest BCUT2D eigenvalue weighted by Gasteiger charge is -2.28. The Morgan fingerprint density at radius 1 is 1.35 bits per heavy atom. The molecule has 2 aliphatic rings. The van der Waals surface area contributed by atoms with Crippen molar-refractivity contribution < 1.29 is 13.2 Å². The van der Waals surface area contributed by atoms with Gasteiger partial charge in [0.05, 0.1) is 24.1 Å². The van der Waals surface area contributed by atoms with Gasteiger partial charge in [-0.3, -0.25) is 4.79 Å². The van der Waals surface area contributed by atoms with Crippen molar-refractivity contribution in [3.05, 3.63) is 35.4 Å². The Kier molecular flexibility index (Phi) is 4.47. The summed E-state index contributed by atoms with van der Waals surface area (Å²) in [6.45, 7) is 2.03. The lowest BCUT2D eigenvalue weighted by molar-refractivity contribution is -0.121. The van der Waals surface area contributed by atoms with E-state index in [2.05, 4.69) is 22.8 Å². The normalized spacial score (nSPS) is 29.0. The molecule has 2 unspecified atom stereocenters. The van der Waals surface area contributed by atoms with Crippen molar-refractivity contribution in [3.8, 4) is 0 Å². The number of carbonyl (C=O) groups excluding carboxylic acids is 1. The maximum absolute atomic E-state index is 12.3. The molecule has 3 rings (SSSR count). The highest BCUT2D eigenvalue weighted by molar-refractivity contribution is 7.91. The first kappa shape index (κ1) is 16.5. The van der Waals surface area contributed by atoms with Crippen LogP contribution in [0.15, 0.2) is 24.3 Å². The smallest absolute Gasteiger partial charge is 0.234 e. The average molecular weight is 336 g/mol. The number of hydrogen-bond acceptors (Lipinski definition) is 4. The molecule has 2 atom stereocenters. The first-order chi connectivity index (χ1) is 10.9. The molecule has 1 aromatic rings. The van der Waals surface area contributed by atoms with Gasteiger partial charge < -0.3 is 10.6 Å². The fourth-order valence-electron chi connectivity index (χ4n) is 3.59. The van der Waals surface area contributed by atoms with Crippen LogP contribution < -0.4 is 10.6 Å². The van der Waals surface area contributed by atoms with Gasteiger partial charge in [-0.05, 0) is 43.7 Å². The second-order valence-electron chi connectivity index (χ2n) is 6.97. The summed E-state index contributed by atoms with van der Waals surface area (Å²) in [7, 11) is -2.96. The molecule has 1 aromatic carbocycles. The van der Waals surface area contributed by atoms with E-state index in [1.807, 2.05) is 19.1 Å². The summed E-state index contributed by atoms with van der Waals surface area (Å²) in [5.41, 5.74) is 2.04. The zero-order valence-electron chi connectivity index (χ0n) is 13.5. The van der Waals surface area contributed by atoms with Crippen LogP contribution in [0.25, 0.3) is 0 Å². The molecule has 1 aliphatic heterocycles. The van der Waals surface area contributed by atoms with Gasteiger partial charge in [-0.25, -0.2) is 8.42 Å². The number of hydrogen-bond donors (Lipinski definition) is 2. The molecule has 2 N–H and O–H groups in total. The van der Waals surface area contributed by atoms with Gasteiger partial charge in [0, 0.05) is 5.54 Å². The predicted octanol–water partition coefficient (Wildman–Crippen LogP) is 1.35. The van der Waals surface area contributed by atoms with Crippen LogP contribution in [0.3, 0.4) is 0 Å². The number of aryl methyl sites for hydroxylation is 1. The maximum atomic E-state index is 12.3. The van der Waals surface area contributed by atoms with Gasteiger partial charge in [0.1, 0.15) is 0 Å². The predicted molar refractivity (Wildman–Crippen MR) is 89.9 cm³/mol. The van der Waals surface area contributed by atoms with Crippen LogP contribution in [0.4, 0.5) is 0 Å². The molecule has 0 aromatic heterocycles. The molecule has 126 valence electrons. The van der Waals surface area contributed by atoms with E-state index in [0.29, 0.717) is 6.42 Å². The summed E-state index contributed by atoms with van der Waals surface area (Å²) in [6, 6.07) is 8.31. The highest BCUT2D eigenvalue weighted by atomic mass is 32.2. The third-order valence-electron chi connectivity index (χ3n) is 4.88. The summed E-state index contributed by atoms with van der Waals surface area (Å²) in [4.78, 5) is 12.3. The number of rotatable bonds is 4. The quantitative estimate of drug-likeness (QED) is 0.870. The van der Waals surface area contributed by atoms with Crippen LogP contribution in [0.2, 0.25) is 0 Å². The number of nitrogens with one attached hydrogen (secondary N) is 2. The van der Waals surface area contributed by atoms with Gasteiger partial charge in [0.25, 0.3) is 0 Å². The lowest BCUT2D eigenvalue weighted by Crippen LogP contribution is -2.48. The topological polar surface area (TPSA) is 75.3 Å². The van der Waals surface area contributed by atoms with Crippen LogP contribution in [-0.4, -0.2) is 37.9 Å². The third kappa shape index (κ3) is 3.93. The molecule has 0 spiro atoms. The van der Waals surface area contributed by atoms with E-state index in [1.165, 1.54) is 11.1 Å². The van der Waals surface area contributed by atoms with E-state index in [4.69, 9.17) is 0 Å². The molecule has 1 saturated heterocycles. The Labute approximate surface area is 137 Å². The summed E-state index contributed by atoms with van der Waals surface area (Å²) >= 11 is 0. The van der Waals surface area contributed by atoms with Crippen molar-refractivity contribution in [2.45, 2.75) is 44.2 Å². The minimum absolute atomic E-state index is 0.0642. The van der Waals surface area contributed by atoms with Crippen LogP contribution in [0, 0.1) is 0 Å². The number of carbonyl (C=O) groups is 1. The van der Waals surface area contributed by atoms with Crippen molar-refractivity contribution in [2.24, 2.45) is 0 Å². The molecular formula is C17H24N2O3S. The first-order valence-corrected chi connectivity index (χ1v) is 10.0. The van der Waals surface area contributed by atoms with E-state index in [0.717, 1.165) is 19.3 Å². The molecule has 0 bridgehead atoms. The monoisotopic (exact) mass is 336 g/mol. The fourth-order valence-corrected chi connectivity index (χ4v) is 5.72. The minimum atomic E-state index is -2.96. The van der Waals surface area contributed by atoms with E-state index in [-0.39, 0.29) is 30.0 Å². The Morgan fingerprint density at radius 3 is 2.87 bits per heavy atom. The molecule has 23 heavy (non-hydrogen) atoms. The highest BCUT2D eigenvalue weighted by Gasteiger charge is 2.38. The Balaban J connectivity index is 1.57. The van der Waals surface area contributed by atoms with E-state index < -0.39 is 15.4 Å². The molecule has 5 nitrogen and oxygen atoms in total. The minimum Gasteiger partial charge on any atom is -0.348 e. The van der Waals surface area contributed by atoms with Crippen molar-refractivity contribution in [2.75, 3.05) is 18.1 Å². The summed E-state index contributed by atoms with van der Waals surface area (Å²) < 4.78 is 23.2. The number of fused-ring (bicyclic) bond motifs is 1. The standard InChI is InChI=1S/C17H24N2O3S/c1-17(9-10-23(21,22)12-17)18-11-16(20)19-15-8-4-6-13-5-2-3-7-14(13)15/h2-3,5,7,15,18H,4,6,8-12H2,1H3,(H,19,20). The number of benzene rings is 1. The van der Waals surface area contributed by atoms with Crippen LogP contribution in [0.5, 0.6) is 0 Å². The van der Waals surface area contributed by atoms with Crippen molar-refractivity contribution in [3.63, 3.8) is 0 Å². The molecular weight excluding hydrogens is 312 g/mol. The molecule has 0 radical (unpaired) electrons. The van der Waals surface area contributed by atoms with Crippen molar-refractivity contribution in [1.29, 1.82) is 0 Å². The summed E-state index contributed by atoms with van der Waals surface area (Å²) in [5.74, 6) is 0.241. The highest BCUT2D eigenvalue weighted by Crippen LogP contribution is 2.29. The van der Waals surface area contributed by atoms with Gasteiger partial charge in [0.2, 0.25) is 5.91 Å². The Hall–Kier alpha value is -1.40. The molecule has 1 aliphatic carbocycles. The Bertz CT molecular complexity index is 702. The van der Waals surface area contributed by atoms with Gasteiger partial charge in [-0.1, -0.05) is 24.3 Å². The molecule has 0 saturated carbocycles. The van der Waals surface area contributed by atoms with Gasteiger partial charge in [-0.2, -0.15) is 0 Å². The van der Waals surface area contributed by atoms with Crippen LogP contribution in [-0.2, 0) is 21.1 Å². The summed E-state index contributed by atoms with van der Waals surface area (Å²) in [5, 5.41) is 6.22. The second kappa shape index (κ2) is 6.24. The first-order valence-electron chi connectivity index (χ1n) is 8.20. The maximum Gasteiger partial charge on any atom is 0.234 e. The number of sulfone groups is 1. The average Bonchev–Trinajstić information content (AvgIpc) is 2.80. The molecule has 1 amide bonds. The van der Waals surface area contributed by atoms with Gasteiger partial charge >= 0.3 is 0 Å². The lowest BCUT2D eigenvalue weighted by atomic mass is 9.88. The summed E-state index contributed by atoms with van der Waals surface area (Å²) in [6.07, 6.45) is 3.66. The van der Waals surface area contributed by atoms with E-state index in [9.17, 15) is 13.2 Å². The largest absolute Gasteiger partial charge is 0.348 e. The van der Waals surface area contributed by atoms with Gasteiger partial charge in [-0.15, -0.1) is 0 Å². The zero-order chi connectivity index (χ0) is 16.5.